The second-order valence-corrected chi connectivity index (χ2v) is 5.53. The molecule has 0 aliphatic carbocycles. The van der Waals surface area contributed by atoms with Crippen molar-refractivity contribution in [3.8, 4) is 11.1 Å². The van der Waals surface area contributed by atoms with Gasteiger partial charge in [-0.15, -0.1) is 0 Å². The number of benzene rings is 1. The van der Waals surface area contributed by atoms with E-state index in [9.17, 15) is 9.90 Å². The Hall–Kier alpha value is -2.20. The summed E-state index contributed by atoms with van der Waals surface area (Å²) in [5.74, 6) is -0.0615. The summed E-state index contributed by atoms with van der Waals surface area (Å²) in [6.07, 6.45) is 3.61. The van der Waals surface area contributed by atoms with Crippen molar-refractivity contribution in [2.24, 2.45) is 0 Å². The Bertz CT molecular complexity index is 669. The molecule has 0 bridgehead atoms. The molecule has 2 heterocycles. The van der Waals surface area contributed by atoms with Crippen molar-refractivity contribution in [3.63, 3.8) is 0 Å². The van der Waals surface area contributed by atoms with Crippen LogP contribution < -0.4 is 0 Å². The predicted molar refractivity (Wildman–Crippen MR) is 80.9 cm³/mol. The van der Waals surface area contributed by atoms with Crippen LogP contribution in [-0.4, -0.2) is 40.1 Å². The van der Waals surface area contributed by atoms with Gasteiger partial charge in [0.2, 0.25) is 0 Å². The first kappa shape index (κ1) is 13.8. The molecule has 2 aromatic rings. The highest BCUT2D eigenvalue weighted by Crippen LogP contribution is 2.22. The molecule has 1 fully saturated rings. The van der Waals surface area contributed by atoms with E-state index < -0.39 is 6.10 Å². The number of amides is 1. The van der Waals surface area contributed by atoms with E-state index >= 15 is 0 Å². The van der Waals surface area contributed by atoms with Crippen molar-refractivity contribution in [1.29, 1.82) is 0 Å². The number of β-amino-alcohol motifs (C(OH)–C–C–N with tert-alkyl or cyclic N) is 1. The second-order valence-electron chi connectivity index (χ2n) is 5.53. The molecule has 1 saturated heterocycles. The summed E-state index contributed by atoms with van der Waals surface area (Å²) >= 11 is 0. The molecule has 0 saturated carbocycles. The van der Waals surface area contributed by atoms with Gasteiger partial charge in [-0.3, -0.25) is 9.78 Å². The number of aryl methyl sites for hydroxylation is 1. The number of rotatable bonds is 2. The van der Waals surface area contributed by atoms with Crippen molar-refractivity contribution >= 4 is 5.91 Å². The van der Waals surface area contributed by atoms with E-state index in [-0.39, 0.29) is 5.91 Å². The number of hydrogen-bond acceptors (Lipinski definition) is 3. The van der Waals surface area contributed by atoms with Gasteiger partial charge in [0.15, 0.2) is 0 Å². The van der Waals surface area contributed by atoms with Crippen LogP contribution >= 0.6 is 0 Å². The van der Waals surface area contributed by atoms with E-state index in [2.05, 4.69) is 11.1 Å². The summed E-state index contributed by atoms with van der Waals surface area (Å²) in [6, 6.07) is 9.99. The summed E-state index contributed by atoms with van der Waals surface area (Å²) in [7, 11) is 0. The van der Waals surface area contributed by atoms with Gasteiger partial charge in [0.25, 0.3) is 5.91 Å². The molecule has 1 atom stereocenters. The van der Waals surface area contributed by atoms with E-state index in [1.54, 1.807) is 17.3 Å². The van der Waals surface area contributed by atoms with Crippen LogP contribution in [0.2, 0.25) is 0 Å². The zero-order valence-corrected chi connectivity index (χ0v) is 12.0. The van der Waals surface area contributed by atoms with Crippen molar-refractivity contribution in [1.82, 2.24) is 9.88 Å². The number of aliphatic hydroxyl groups is 1. The smallest absolute Gasteiger partial charge is 0.255 e. The number of aliphatic hydroxyl groups excluding tert-OH is 1. The molecule has 3 rings (SSSR count). The number of aromatic nitrogens is 1. The summed E-state index contributed by atoms with van der Waals surface area (Å²) in [4.78, 5) is 18.3. The maximum absolute atomic E-state index is 12.4. The first-order chi connectivity index (χ1) is 10.1. The highest BCUT2D eigenvalue weighted by atomic mass is 16.3. The lowest BCUT2D eigenvalue weighted by Crippen LogP contribution is -2.29. The van der Waals surface area contributed by atoms with Gasteiger partial charge in [0, 0.05) is 31.0 Å². The average Bonchev–Trinajstić information content (AvgIpc) is 2.93. The molecule has 4 nitrogen and oxygen atoms in total. The molecule has 1 aliphatic rings. The fraction of sp³-hybridized carbons (Fsp3) is 0.294. The lowest BCUT2D eigenvalue weighted by molar-refractivity contribution is 0.0764. The average molecular weight is 282 g/mol. The Balaban J connectivity index is 1.88. The molecule has 1 aromatic carbocycles. The van der Waals surface area contributed by atoms with E-state index in [0.717, 1.165) is 11.1 Å². The fourth-order valence-electron chi connectivity index (χ4n) is 2.65. The standard InChI is InChI=1S/C17H18N2O2/c1-12-3-2-4-13(7-12)14-8-15(10-18-9-14)17(21)19-6-5-16(20)11-19/h2-4,7-10,16,20H,5-6,11H2,1H3/t16-/m1/s1. The predicted octanol–water partition coefficient (Wildman–Crippen LogP) is 2.26. The highest BCUT2D eigenvalue weighted by Gasteiger charge is 2.25. The lowest BCUT2D eigenvalue weighted by Gasteiger charge is -2.15. The molecule has 108 valence electrons. The van der Waals surface area contributed by atoms with Crippen LogP contribution in [0.15, 0.2) is 42.7 Å². The van der Waals surface area contributed by atoms with Gasteiger partial charge in [0.1, 0.15) is 0 Å². The first-order valence-corrected chi connectivity index (χ1v) is 7.13. The van der Waals surface area contributed by atoms with E-state index in [0.29, 0.717) is 25.1 Å². The van der Waals surface area contributed by atoms with Crippen LogP contribution in [0, 0.1) is 6.92 Å². The topological polar surface area (TPSA) is 53.4 Å². The third-order valence-corrected chi connectivity index (χ3v) is 3.79. The molecule has 1 N–H and O–H groups in total. The Morgan fingerprint density at radius 1 is 1.29 bits per heavy atom. The monoisotopic (exact) mass is 282 g/mol. The highest BCUT2D eigenvalue weighted by molar-refractivity contribution is 5.95. The van der Waals surface area contributed by atoms with E-state index in [1.165, 1.54) is 5.56 Å². The van der Waals surface area contributed by atoms with Crippen LogP contribution in [0.4, 0.5) is 0 Å². The van der Waals surface area contributed by atoms with Crippen LogP contribution in [-0.2, 0) is 0 Å². The van der Waals surface area contributed by atoms with Crippen molar-refractivity contribution in [3.05, 3.63) is 53.9 Å². The summed E-state index contributed by atoms with van der Waals surface area (Å²) in [5.41, 5.74) is 3.73. The van der Waals surface area contributed by atoms with Crippen LogP contribution in [0.1, 0.15) is 22.3 Å². The maximum atomic E-state index is 12.4. The van der Waals surface area contributed by atoms with Gasteiger partial charge in [-0.1, -0.05) is 29.8 Å². The number of hydrogen-bond donors (Lipinski definition) is 1. The van der Waals surface area contributed by atoms with Gasteiger partial charge in [-0.2, -0.15) is 0 Å². The van der Waals surface area contributed by atoms with Crippen molar-refractivity contribution in [2.75, 3.05) is 13.1 Å². The zero-order chi connectivity index (χ0) is 14.8. The Kier molecular flexibility index (Phi) is 3.71. The number of carbonyl (C=O) groups excluding carboxylic acids is 1. The number of likely N-dealkylation sites (tertiary alicyclic amines) is 1. The molecule has 0 unspecified atom stereocenters. The Labute approximate surface area is 124 Å². The van der Waals surface area contributed by atoms with Gasteiger partial charge >= 0.3 is 0 Å². The minimum atomic E-state index is -0.401. The molecule has 0 radical (unpaired) electrons. The number of pyridine rings is 1. The minimum Gasteiger partial charge on any atom is -0.391 e. The molecule has 1 amide bonds. The third-order valence-electron chi connectivity index (χ3n) is 3.79. The normalized spacial score (nSPS) is 18.0. The molecule has 4 heteroatoms. The van der Waals surface area contributed by atoms with Crippen LogP contribution in [0.3, 0.4) is 0 Å². The van der Waals surface area contributed by atoms with Crippen LogP contribution in [0.25, 0.3) is 11.1 Å². The lowest BCUT2D eigenvalue weighted by atomic mass is 10.0. The largest absolute Gasteiger partial charge is 0.391 e. The fourth-order valence-corrected chi connectivity index (χ4v) is 2.65. The summed E-state index contributed by atoms with van der Waals surface area (Å²) < 4.78 is 0. The van der Waals surface area contributed by atoms with Crippen molar-refractivity contribution in [2.45, 2.75) is 19.4 Å². The van der Waals surface area contributed by atoms with E-state index in [4.69, 9.17) is 0 Å². The quantitative estimate of drug-likeness (QED) is 0.919. The molecular formula is C17H18N2O2. The zero-order valence-electron chi connectivity index (χ0n) is 12.0. The van der Waals surface area contributed by atoms with Gasteiger partial charge in [-0.05, 0) is 25.0 Å². The Morgan fingerprint density at radius 3 is 2.86 bits per heavy atom. The summed E-state index contributed by atoms with van der Waals surface area (Å²) in [5, 5.41) is 9.55. The second kappa shape index (κ2) is 5.66. The third kappa shape index (κ3) is 2.95. The minimum absolute atomic E-state index is 0.0615. The number of carbonyl (C=O) groups is 1. The molecule has 1 aromatic heterocycles. The van der Waals surface area contributed by atoms with Gasteiger partial charge in [0.05, 0.1) is 11.7 Å². The molecule has 1 aliphatic heterocycles. The summed E-state index contributed by atoms with van der Waals surface area (Å²) in [6.45, 7) is 3.06. The maximum Gasteiger partial charge on any atom is 0.255 e. The van der Waals surface area contributed by atoms with Crippen molar-refractivity contribution < 1.29 is 9.90 Å². The number of nitrogens with zero attached hydrogens (tertiary/aromatic N) is 2. The first-order valence-electron chi connectivity index (χ1n) is 7.13. The SMILES string of the molecule is Cc1cccc(-c2cncc(C(=O)N3CC[C@@H](O)C3)c2)c1. The molecular weight excluding hydrogens is 264 g/mol. The Morgan fingerprint density at radius 2 is 2.14 bits per heavy atom. The molecule has 0 spiro atoms. The van der Waals surface area contributed by atoms with Crippen LogP contribution in [0.5, 0.6) is 0 Å². The van der Waals surface area contributed by atoms with Gasteiger partial charge < -0.3 is 10.0 Å². The van der Waals surface area contributed by atoms with E-state index in [1.807, 2.05) is 31.2 Å². The van der Waals surface area contributed by atoms with Gasteiger partial charge in [-0.25, -0.2) is 0 Å². The molecule has 21 heavy (non-hydrogen) atoms.